The van der Waals surface area contributed by atoms with Gasteiger partial charge in [-0.25, -0.2) is 0 Å². The topological polar surface area (TPSA) is 25.8 Å². The van der Waals surface area contributed by atoms with Crippen LogP contribution in [-0.2, 0) is 12.6 Å². The molecule has 0 saturated carbocycles. The Morgan fingerprint density at radius 3 is 1.97 bits per heavy atom. The molecular weight excluding hydrogens is 481 g/mol. The molecule has 38 heavy (non-hydrogen) atoms. The molecule has 0 bridgehead atoms. The lowest BCUT2D eigenvalue weighted by atomic mass is 9.95. The molecule has 0 amide bonds. The lowest BCUT2D eigenvalue weighted by Gasteiger charge is -2.13. The summed E-state index contributed by atoms with van der Waals surface area (Å²) in [5, 5.41) is 3.04. The second-order valence-electron chi connectivity index (χ2n) is 9.40. The zero-order valence-corrected chi connectivity index (χ0v) is 20.6. The smallest absolute Gasteiger partial charge is 0.256 e. The first-order valence-electron chi connectivity index (χ1n) is 12.4. The van der Waals surface area contributed by atoms with Crippen LogP contribution >= 0.6 is 0 Å². The van der Waals surface area contributed by atoms with Gasteiger partial charge in [-0.15, -0.1) is 0 Å². The van der Waals surface area contributed by atoms with Crippen LogP contribution in [0.25, 0.3) is 55.2 Å². The summed E-state index contributed by atoms with van der Waals surface area (Å²) in [7, 11) is 0. The van der Waals surface area contributed by atoms with Crippen LogP contribution in [0.2, 0.25) is 0 Å². The highest BCUT2D eigenvalue weighted by atomic mass is 19.4. The molecule has 2 heterocycles. The van der Waals surface area contributed by atoms with Crippen LogP contribution in [0.1, 0.15) is 18.1 Å². The zero-order chi connectivity index (χ0) is 26.3. The van der Waals surface area contributed by atoms with Gasteiger partial charge in [-0.2, -0.15) is 13.2 Å². The standard InChI is InChI=1S/C33H23F3N2/c1-2-21-13-27(18-30(14-21)33(34,35)36)24-10-8-22-7-9-23(15-28(22)16-24)26-11-12-32(37-19-26)29-17-25-5-3-4-6-31(25)38-20-29/h3-20H,2H2,1H3. The third-order valence-corrected chi connectivity index (χ3v) is 6.89. The fourth-order valence-electron chi connectivity index (χ4n) is 4.78. The van der Waals surface area contributed by atoms with Crippen LogP contribution in [0.4, 0.5) is 13.2 Å². The lowest BCUT2D eigenvalue weighted by Crippen LogP contribution is -2.06. The van der Waals surface area contributed by atoms with E-state index in [4.69, 9.17) is 0 Å². The van der Waals surface area contributed by atoms with E-state index >= 15 is 0 Å². The monoisotopic (exact) mass is 504 g/mol. The molecule has 0 fully saturated rings. The highest BCUT2D eigenvalue weighted by Crippen LogP contribution is 2.35. The van der Waals surface area contributed by atoms with Crippen LogP contribution in [0.15, 0.2) is 109 Å². The van der Waals surface area contributed by atoms with Gasteiger partial charge in [0.15, 0.2) is 0 Å². The first-order valence-corrected chi connectivity index (χ1v) is 12.4. The molecule has 0 radical (unpaired) electrons. The number of nitrogens with zero attached hydrogens (tertiary/aromatic N) is 2. The summed E-state index contributed by atoms with van der Waals surface area (Å²) >= 11 is 0. The van der Waals surface area contributed by atoms with Crippen molar-refractivity contribution in [2.24, 2.45) is 0 Å². The Morgan fingerprint density at radius 1 is 0.579 bits per heavy atom. The van der Waals surface area contributed by atoms with Crippen molar-refractivity contribution in [2.45, 2.75) is 19.5 Å². The van der Waals surface area contributed by atoms with E-state index in [0.717, 1.165) is 49.6 Å². The van der Waals surface area contributed by atoms with Gasteiger partial charge in [0, 0.05) is 28.9 Å². The first kappa shape index (κ1) is 23.9. The molecule has 4 aromatic carbocycles. The summed E-state index contributed by atoms with van der Waals surface area (Å²) in [6, 6.07) is 30.3. The van der Waals surface area contributed by atoms with E-state index in [1.54, 1.807) is 0 Å². The number of hydrogen-bond acceptors (Lipinski definition) is 2. The molecule has 0 aliphatic heterocycles. The summed E-state index contributed by atoms with van der Waals surface area (Å²) in [5.74, 6) is 0. The Morgan fingerprint density at radius 2 is 1.26 bits per heavy atom. The minimum atomic E-state index is -4.38. The predicted octanol–water partition coefficient (Wildman–Crippen LogP) is 9.37. The minimum absolute atomic E-state index is 0.535. The molecule has 2 nitrogen and oxygen atoms in total. The van der Waals surface area contributed by atoms with Gasteiger partial charge in [0.2, 0.25) is 0 Å². The van der Waals surface area contributed by atoms with Crippen LogP contribution < -0.4 is 0 Å². The maximum absolute atomic E-state index is 13.5. The zero-order valence-electron chi connectivity index (χ0n) is 20.6. The van der Waals surface area contributed by atoms with Crippen LogP contribution in [0, 0.1) is 0 Å². The van der Waals surface area contributed by atoms with Gasteiger partial charge in [0.1, 0.15) is 0 Å². The molecule has 0 unspecified atom stereocenters. The first-order chi connectivity index (χ1) is 18.4. The Balaban J connectivity index is 1.34. The highest BCUT2D eigenvalue weighted by molar-refractivity contribution is 5.91. The van der Waals surface area contributed by atoms with Gasteiger partial charge in [0.25, 0.3) is 0 Å². The van der Waals surface area contributed by atoms with Crippen molar-refractivity contribution in [1.82, 2.24) is 9.97 Å². The number of benzene rings is 4. The molecule has 2 aromatic heterocycles. The number of aromatic nitrogens is 2. The average Bonchev–Trinajstić information content (AvgIpc) is 2.95. The molecule has 0 spiro atoms. The van der Waals surface area contributed by atoms with E-state index in [9.17, 15) is 13.2 Å². The number of para-hydroxylation sites is 1. The van der Waals surface area contributed by atoms with E-state index in [2.05, 4.69) is 22.1 Å². The van der Waals surface area contributed by atoms with E-state index in [-0.39, 0.29) is 0 Å². The Hall–Kier alpha value is -4.51. The molecule has 0 atom stereocenters. The van der Waals surface area contributed by atoms with Gasteiger partial charge in [-0.3, -0.25) is 9.97 Å². The number of alkyl halides is 3. The van der Waals surface area contributed by atoms with Crippen molar-refractivity contribution >= 4 is 21.7 Å². The SMILES string of the molecule is CCc1cc(-c2ccc3ccc(-c4ccc(-c5cnc6ccccc6c5)nc4)cc3c2)cc(C(F)(F)F)c1. The molecule has 0 saturated heterocycles. The molecule has 6 rings (SSSR count). The summed E-state index contributed by atoms with van der Waals surface area (Å²) in [6.07, 6.45) is -0.172. The van der Waals surface area contributed by atoms with Crippen LogP contribution in [-0.4, -0.2) is 9.97 Å². The summed E-state index contributed by atoms with van der Waals surface area (Å²) in [6.45, 7) is 1.86. The average molecular weight is 505 g/mol. The number of fused-ring (bicyclic) bond motifs is 2. The van der Waals surface area contributed by atoms with E-state index in [1.807, 2.05) is 92.1 Å². The van der Waals surface area contributed by atoms with Gasteiger partial charge in [-0.05, 0) is 81.9 Å². The van der Waals surface area contributed by atoms with E-state index < -0.39 is 11.7 Å². The molecule has 186 valence electrons. The molecule has 6 aromatic rings. The highest BCUT2D eigenvalue weighted by Gasteiger charge is 2.31. The quantitative estimate of drug-likeness (QED) is 0.239. The summed E-state index contributed by atoms with van der Waals surface area (Å²) in [5.41, 5.74) is 6.05. The van der Waals surface area contributed by atoms with Crippen molar-refractivity contribution in [3.05, 3.63) is 121 Å². The van der Waals surface area contributed by atoms with Crippen LogP contribution in [0.3, 0.4) is 0 Å². The number of pyridine rings is 2. The maximum Gasteiger partial charge on any atom is 0.416 e. The molecule has 0 aliphatic carbocycles. The Kier molecular flexibility index (Phi) is 5.91. The Labute approximate surface area is 218 Å². The van der Waals surface area contributed by atoms with Crippen molar-refractivity contribution in [1.29, 1.82) is 0 Å². The van der Waals surface area contributed by atoms with Crippen molar-refractivity contribution in [3.8, 4) is 33.5 Å². The summed E-state index contributed by atoms with van der Waals surface area (Å²) in [4.78, 5) is 9.22. The molecule has 5 heteroatoms. The number of aryl methyl sites for hydroxylation is 1. The molecular formula is C33H23F3N2. The third kappa shape index (κ3) is 4.63. The minimum Gasteiger partial charge on any atom is -0.256 e. The third-order valence-electron chi connectivity index (χ3n) is 6.89. The number of halogens is 3. The normalized spacial score (nSPS) is 11.8. The fraction of sp³-hybridized carbons (Fsp3) is 0.0909. The predicted molar refractivity (Wildman–Crippen MR) is 148 cm³/mol. The maximum atomic E-state index is 13.5. The fourth-order valence-corrected chi connectivity index (χ4v) is 4.78. The second-order valence-corrected chi connectivity index (χ2v) is 9.40. The van der Waals surface area contributed by atoms with Gasteiger partial charge in [0.05, 0.1) is 16.8 Å². The lowest BCUT2D eigenvalue weighted by molar-refractivity contribution is -0.137. The van der Waals surface area contributed by atoms with E-state index in [0.29, 0.717) is 17.5 Å². The largest absolute Gasteiger partial charge is 0.416 e. The molecule has 0 aliphatic rings. The van der Waals surface area contributed by atoms with Gasteiger partial charge >= 0.3 is 6.18 Å². The van der Waals surface area contributed by atoms with Gasteiger partial charge in [-0.1, -0.05) is 61.5 Å². The van der Waals surface area contributed by atoms with Crippen LogP contribution in [0.5, 0.6) is 0 Å². The van der Waals surface area contributed by atoms with Gasteiger partial charge < -0.3 is 0 Å². The van der Waals surface area contributed by atoms with Crippen molar-refractivity contribution in [3.63, 3.8) is 0 Å². The van der Waals surface area contributed by atoms with E-state index in [1.165, 1.54) is 12.1 Å². The molecule has 0 N–H and O–H groups in total. The summed E-state index contributed by atoms with van der Waals surface area (Å²) < 4.78 is 40.5. The number of hydrogen-bond donors (Lipinski definition) is 0. The number of rotatable bonds is 4. The van der Waals surface area contributed by atoms with Crippen molar-refractivity contribution in [2.75, 3.05) is 0 Å². The second kappa shape index (κ2) is 9.42. The Bertz CT molecular complexity index is 1790. The van der Waals surface area contributed by atoms with Crippen molar-refractivity contribution < 1.29 is 13.2 Å².